The van der Waals surface area contributed by atoms with Crippen molar-refractivity contribution in [1.29, 1.82) is 0 Å². The second-order valence-corrected chi connectivity index (χ2v) is 8.46. The van der Waals surface area contributed by atoms with Crippen molar-refractivity contribution in [2.45, 2.75) is 32.9 Å². The van der Waals surface area contributed by atoms with Crippen LogP contribution in [0.25, 0.3) is 0 Å². The van der Waals surface area contributed by atoms with Crippen molar-refractivity contribution in [3.8, 4) is 0 Å². The zero-order valence-electron chi connectivity index (χ0n) is 15.1. The molecule has 0 aliphatic heterocycles. The summed E-state index contributed by atoms with van der Waals surface area (Å²) in [6.07, 6.45) is 1.47. The minimum atomic E-state index is -3.62. The van der Waals surface area contributed by atoms with Gasteiger partial charge in [-0.05, 0) is 48.7 Å². The van der Waals surface area contributed by atoms with E-state index >= 15 is 0 Å². The molecule has 0 spiro atoms. The molecule has 5 nitrogen and oxygen atoms in total. The molecule has 0 aromatic heterocycles. The highest BCUT2D eigenvalue weighted by atomic mass is 35.5. The van der Waals surface area contributed by atoms with Crippen LogP contribution in [0, 0.1) is 6.92 Å². The Morgan fingerprint density at radius 2 is 1.85 bits per heavy atom. The second kappa shape index (κ2) is 8.56. The number of sulfonamides is 1. The van der Waals surface area contributed by atoms with Crippen LogP contribution in [0.15, 0.2) is 48.5 Å². The van der Waals surface area contributed by atoms with Gasteiger partial charge in [-0.15, -0.1) is 0 Å². The molecule has 140 valence electrons. The molecule has 0 unspecified atom stereocenters. The van der Waals surface area contributed by atoms with E-state index in [9.17, 15) is 13.2 Å². The summed E-state index contributed by atoms with van der Waals surface area (Å²) in [4.78, 5) is 12.7. The van der Waals surface area contributed by atoms with Crippen molar-refractivity contribution in [3.63, 3.8) is 0 Å². The van der Waals surface area contributed by atoms with E-state index in [-0.39, 0.29) is 5.91 Å². The molecule has 2 aromatic rings. The molecule has 0 heterocycles. The van der Waals surface area contributed by atoms with Crippen LogP contribution in [-0.4, -0.2) is 26.6 Å². The minimum Gasteiger partial charge on any atom is -0.350 e. The summed E-state index contributed by atoms with van der Waals surface area (Å²) in [5.74, 6) is -0.339. The Balaban J connectivity index is 2.23. The molecule has 0 bridgehead atoms. The van der Waals surface area contributed by atoms with Gasteiger partial charge in [0.15, 0.2) is 0 Å². The number of carbonyl (C=O) groups excluding carboxylic acids is 1. The van der Waals surface area contributed by atoms with Gasteiger partial charge >= 0.3 is 0 Å². The maximum absolute atomic E-state index is 12.7. The van der Waals surface area contributed by atoms with Gasteiger partial charge in [-0.2, -0.15) is 0 Å². The first kappa shape index (κ1) is 20.3. The zero-order chi connectivity index (χ0) is 19.3. The summed E-state index contributed by atoms with van der Waals surface area (Å²) in [5.41, 5.74) is 2.30. The Labute approximate surface area is 160 Å². The normalized spacial score (nSPS) is 12.5. The van der Waals surface area contributed by atoms with Crippen LogP contribution in [0.1, 0.15) is 24.5 Å². The van der Waals surface area contributed by atoms with Crippen molar-refractivity contribution >= 4 is 33.2 Å². The standard InChI is InChI=1S/C19H23ClN2O3S/c1-4-18(19(23)21-13-15-8-10-16(20)11-9-15)22(26(3,24)25)17-7-5-6-14(2)12-17/h5-12,18H,4,13H2,1-3H3,(H,21,23)/t18-/m1/s1. The molecular formula is C19H23ClN2O3S. The summed E-state index contributed by atoms with van der Waals surface area (Å²) in [5, 5.41) is 3.44. The number of hydrogen-bond donors (Lipinski definition) is 1. The number of carbonyl (C=O) groups is 1. The van der Waals surface area contributed by atoms with E-state index in [0.717, 1.165) is 17.4 Å². The van der Waals surface area contributed by atoms with Crippen LogP contribution in [0.2, 0.25) is 5.02 Å². The number of amides is 1. The van der Waals surface area contributed by atoms with Gasteiger partial charge in [0, 0.05) is 11.6 Å². The fraction of sp³-hybridized carbons (Fsp3) is 0.316. The first-order valence-electron chi connectivity index (χ1n) is 8.30. The van der Waals surface area contributed by atoms with Crippen LogP contribution in [0.4, 0.5) is 5.69 Å². The van der Waals surface area contributed by atoms with E-state index < -0.39 is 16.1 Å². The van der Waals surface area contributed by atoms with Crippen LogP contribution < -0.4 is 9.62 Å². The largest absolute Gasteiger partial charge is 0.350 e. The van der Waals surface area contributed by atoms with E-state index in [0.29, 0.717) is 23.7 Å². The van der Waals surface area contributed by atoms with Crippen molar-refractivity contribution < 1.29 is 13.2 Å². The molecular weight excluding hydrogens is 372 g/mol. The molecule has 1 atom stereocenters. The van der Waals surface area contributed by atoms with Crippen LogP contribution in [0.3, 0.4) is 0 Å². The number of halogens is 1. The number of nitrogens with zero attached hydrogens (tertiary/aromatic N) is 1. The molecule has 1 N–H and O–H groups in total. The third-order valence-electron chi connectivity index (χ3n) is 3.97. The maximum atomic E-state index is 12.7. The third-order valence-corrected chi connectivity index (χ3v) is 5.40. The van der Waals surface area contributed by atoms with Gasteiger partial charge in [0.2, 0.25) is 15.9 Å². The molecule has 0 aliphatic carbocycles. The molecule has 0 radical (unpaired) electrons. The van der Waals surface area contributed by atoms with Crippen LogP contribution in [-0.2, 0) is 21.4 Å². The van der Waals surface area contributed by atoms with Crippen LogP contribution >= 0.6 is 11.6 Å². The molecule has 26 heavy (non-hydrogen) atoms. The fourth-order valence-corrected chi connectivity index (χ4v) is 4.06. The van der Waals surface area contributed by atoms with E-state index in [4.69, 9.17) is 11.6 Å². The van der Waals surface area contributed by atoms with Gasteiger partial charge in [0.1, 0.15) is 6.04 Å². The van der Waals surface area contributed by atoms with Crippen molar-refractivity contribution in [2.75, 3.05) is 10.6 Å². The van der Waals surface area contributed by atoms with Crippen molar-refractivity contribution in [2.24, 2.45) is 0 Å². The number of aryl methyl sites for hydroxylation is 1. The van der Waals surface area contributed by atoms with E-state index in [1.54, 1.807) is 37.3 Å². The molecule has 0 saturated heterocycles. The monoisotopic (exact) mass is 394 g/mol. The maximum Gasteiger partial charge on any atom is 0.244 e. The lowest BCUT2D eigenvalue weighted by Crippen LogP contribution is -2.49. The van der Waals surface area contributed by atoms with Crippen LogP contribution in [0.5, 0.6) is 0 Å². The van der Waals surface area contributed by atoms with Crippen molar-refractivity contribution in [3.05, 3.63) is 64.7 Å². The Morgan fingerprint density at radius 3 is 2.38 bits per heavy atom. The lowest BCUT2D eigenvalue weighted by molar-refractivity contribution is -0.122. The Morgan fingerprint density at radius 1 is 1.19 bits per heavy atom. The summed E-state index contributed by atoms with van der Waals surface area (Å²) < 4.78 is 26.0. The predicted molar refractivity (Wildman–Crippen MR) is 106 cm³/mol. The highest BCUT2D eigenvalue weighted by Gasteiger charge is 2.31. The molecule has 0 saturated carbocycles. The van der Waals surface area contributed by atoms with Gasteiger partial charge in [-0.25, -0.2) is 8.42 Å². The lowest BCUT2D eigenvalue weighted by Gasteiger charge is -2.30. The average Bonchev–Trinajstić information content (AvgIpc) is 2.57. The van der Waals surface area contributed by atoms with Gasteiger partial charge in [-0.3, -0.25) is 9.10 Å². The Kier molecular flexibility index (Phi) is 6.67. The lowest BCUT2D eigenvalue weighted by atomic mass is 10.1. The number of nitrogens with one attached hydrogen (secondary N) is 1. The van der Waals surface area contributed by atoms with Crippen molar-refractivity contribution in [1.82, 2.24) is 5.32 Å². The van der Waals surface area contributed by atoms with Gasteiger partial charge in [0.25, 0.3) is 0 Å². The van der Waals surface area contributed by atoms with Gasteiger partial charge in [-0.1, -0.05) is 42.8 Å². The van der Waals surface area contributed by atoms with E-state index in [2.05, 4.69) is 5.32 Å². The Bertz CT molecular complexity index is 867. The third kappa shape index (κ3) is 5.22. The predicted octanol–water partition coefficient (Wildman–Crippen LogP) is 3.51. The molecule has 7 heteroatoms. The topological polar surface area (TPSA) is 66.5 Å². The van der Waals surface area contributed by atoms with E-state index in [1.165, 1.54) is 4.31 Å². The summed E-state index contributed by atoms with van der Waals surface area (Å²) >= 11 is 5.86. The first-order valence-corrected chi connectivity index (χ1v) is 10.5. The smallest absolute Gasteiger partial charge is 0.244 e. The highest BCUT2D eigenvalue weighted by molar-refractivity contribution is 7.92. The number of anilines is 1. The fourth-order valence-electron chi connectivity index (χ4n) is 2.73. The minimum absolute atomic E-state index is 0.303. The summed E-state index contributed by atoms with van der Waals surface area (Å²) in [7, 11) is -3.62. The SMILES string of the molecule is CC[C@H](C(=O)NCc1ccc(Cl)cc1)N(c1cccc(C)c1)S(C)(=O)=O. The van der Waals surface area contributed by atoms with Gasteiger partial charge in [0.05, 0.1) is 11.9 Å². The molecule has 0 aliphatic rings. The number of benzene rings is 2. The highest BCUT2D eigenvalue weighted by Crippen LogP contribution is 2.23. The second-order valence-electron chi connectivity index (χ2n) is 6.17. The summed E-state index contributed by atoms with van der Waals surface area (Å²) in [6.45, 7) is 3.98. The quantitative estimate of drug-likeness (QED) is 0.781. The Hall–Kier alpha value is -2.05. The van der Waals surface area contributed by atoms with Gasteiger partial charge < -0.3 is 5.32 Å². The molecule has 2 rings (SSSR count). The number of rotatable bonds is 7. The average molecular weight is 395 g/mol. The molecule has 1 amide bonds. The summed E-state index contributed by atoms with van der Waals surface area (Å²) in [6, 6.07) is 13.4. The first-order chi connectivity index (χ1) is 12.2. The zero-order valence-corrected chi connectivity index (χ0v) is 16.6. The number of hydrogen-bond acceptors (Lipinski definition) is 3. The molecule has 0 fully saturated rings. The molecule has 2 aromatic carbocycles. The van der Waals surface area contributed by atoms with E-state index in [1.807, 2.05) is 25.1 Å².